The SMILES string of the molecule is CNCCCNC(=O)Nc1cccc(Cl)c1C(=O)O. The third kappa shape index (κ3) is 4.76. The number of nitrogens with one attached hydrogen (secondary N) is 3. The van der Waals surface area contributed by atoms with Crippen LogP contribution >= 0.6 is 11.6 Å². The number of benzene rings is 1. The zero-order valence-electron chi connectivity index (χ0n) is 10.5. The molecule has 104 valence electrons. The largest absolute Gasteiger partial charge is 0.478 e. The number of urea groups is 1. The molecule has 0 aliphatic heterocycles. The molecule has 0 aliphatic carbocycles. The summed E-state index contributed by atoms with van der Waals surface area (Å²) in [6.45, 7) is 1.29. The smallest absolute Gasteiger partial charge is 0.339 e. The molecule has 0 atom stereocenters. The summed E-state index contributed by atoms with van der Waals surface area (Å²) in [7, 11) is 1.82. The number of halogens is 1. The molecule has 7 heteroatoms. The van der Waals surface area contributed by atoms with Gasteiger partial charge in [0.25, 0.3) is 0 Å². The van der Waals surface area contributed by atoms with Crippen LogP contribution in [0.2, 0.25) is 5.02 Å². The molecular formula is C12H16ClN3O3. The van der Waals surface area contributed by atoms with Crippen molar-refractivity contribution >= 4 is 29.3 Å². The summed E-state index contributed by atoms with van der Waals surface area (Å²) in [6.07, 6.45) is 0.783. The summed E-state index contributed by atoms with van der Waals surface area (Å²) in [5.74, 6) is -1.18. The van der Waals surface area contributed by atoms with Crippen molar-refractivity contribution in [2.45, 2.75) is 6.42 Å². The van der Waals surface area contributed by atoms with Gasteiger partial charge in [0.15, 0.2) is 0 Å². The maximum absolute atomic E-state index is 11.6. The van der Waals surface area contributed by atoms with Crippen molar-refractivity contribution in [3.8, 4) is 0 Å². The van der Waals surface area contributed by atoms with E-state index in [-0.39, 0.29) is 16.3 Å². The van der Waals surface area contributed by atoms with Gasteiger partial charge >= 0.3 is 12.0 Å². The molecule has 0 radical (unpaired) electrons. The highest BCUT2D eigenvalue weighted by Crippen LogP contribution is 2.24. The maximum atomic E-state index is 11.6. The van der Waals surface area contributed by atoms with Gasteiger partial charge in [0, 0.05) is 6.54 Å². The van der Waals surface area contributed by atoms with E-state index in [2.05, 4.69) is 16.0 Å². The van der Waals surface area contributed by atoms with E-state index in [1.54, 1.807) is 6.07 Å². The maximum Gasteiger partial charge on any atom is 0.339 e. The number of carbonyl (C=O) groups is 2. The van der Waals surface area contributed by atoms with E-state index < -0.39 is 12.0 Å². The second kappa shape index (κ2) is 7.60. The molecule has 19 heavy (non-hydrogen) atoms. The highest BCUT2D eigenvalue weighted by Gasteiger charge is 2.15. The minimum absolute atomic E-state index is 0.0838. The Hall–Kier alpha value is -1.79. The van der Waals surface area contributed by atoms with Crippen LogP contribution in [0.15, 0.2) is 18.2 Å². The third-order valence-corrected chi connectivity index (χ3v) is 2.68. The van der Waals surface area contributed by atoms with Crippen molar-refractivity contribution < 1.29 is 14.7 Å². The highest BCUT2D eigenvalue weighted by molar-refractivity contribution is 6.34. The first-order chi connectivity index (χ1) is 9.06. The van der Waals surface area contributed by atoms with Gasteiger partial charge in [0.1, 0.15) is 5.56 Å². The molecule has 0 unspecified atom stereocenters. The molecule has 0 fully saturated rings. The van der Waals surface area contributed by atoms with Crippen LogP contribution < -0.4 is 16.0 Å². The number of hydrogen-bond donors (Lipinski definition) is 4. The summed E-state index contributed by atoms with van der Waals surface area (Å²) in [6, 6.07) is 4.07. The van der Waals surface area contributed by atoms with Gasteiger partial charge in [-0.1, -0.05) is 17.7 Å². The Morgan fingerprint density at radius 1 is 1.32 bits per heavy atom. The van der Waals surface area contributed by atoms with Gasteiger partial charge in [-0.15, -0.1) is 0 Å². The van der Waals surface area contributed by atoms with Crippen LogP contribution in [0.4, 0.5) is 10.5 Å². The number of carboxylic acids is 1. The van der Waals surface area contributed by atoms with E-state index >= 15 is 0 Å². The fourth-order valence-electron chi connectivity index (χ4n) is 1.48. The molecule has 0 aliphatic rings. The third-order valence-electron chi connectivity index (χ3n) is 2.36. The number of aromatic carboxylic acids is 1. The Bertz CT molecular complexity index is 466. The molecule has 0 aromatic heterocycles. The molecule has 0 heterocycles. The molecule has 1 aromatic rings. The Labute approximate surface area is 116 Å². The first-order valence-corrected chi connectivity index (χ1v) is 6.15. The van der Waals surface area contributed by atoms with Crippen LogP contribution in [0.1, 0.15) is 16.8 Å². The molecule has 0 saturated carbocycles. The fraction of sp³-hybridized carbons (Fsp3) is 0.333. The Morgan fingerprint density at radius 3 is 2.68 bits per heavy atom. The lowest BCUT2D eigenvalue weighted by Crippen LogP contribution is -2.31. The molecule has 0 bridgehead atoms. The van der Waals surface area contributed by atoms with Crippen LogP contribution in [0.25, 0.3) is 0 Å². The van der Waals surface area contributed by atoms with E-state index in [1.165, 1.54) is 12.1 Å². The fourth-order valence-corrected chi connectivity index (χ4v) is 1.73. The standard InChI is InChI=1S/C12H16ClN3O3/c1-14-6-3-7-15-12(19)16-9-5-2-4-8(13)10(9)11(17)18/h2,4-5,14H,3,6-7H2,1H3,(H,17,18)(H2,15,16,19). The zero-order chi connectivity index (χ0) is 14.3. The van der Waals surface area contributed by atoms with Gasteiger partial charge < -0.3 is 21.1 Å². The summed E-state index contributed by atoms with van der Waals surface area (Å²) < 4.78 is 0. The first-order valence-electron chi connectivity index (χ1n) is 5.77. The van der Waals surface area contributed by atoms with Crippen LogP contribution in [-0.2, 0) is 0 Å². The summed E-state index contributed by atoms with van der Waals surface area (Å²) in [4.78, 5) is 22.6. The zero-order valence-corrected chi connectivity index (χ0v) is 11.3. The number of hydrogen-bond acceptors (Lipinski definition) is 3. The average molecular weight is 286 g/mol. The predicted molar refractivity (Wildman–Crippen MR) is 74.0 cm³/mol. The first kappa shape index (κ1) is 15.3. The number of rotatable bonds is 6. The Kier molecular flexibility index (Phi) is 6.11. The van der Waals surface area contributed by atoms with Crippen molar-refractivity contribution in [2.24, 2.45) is 0 Å². The van der Waals surface area contributed by atoms with Gasteiger partial charge in [-0.05, 0) is 32.1 Å². The quantitative estimate of drug-likeness (QED) is 0.600. The van der Waals surface area contributed by atoms with Crippen LogP contribution in [0, 0.1) is 0 Å². The summed E-state index contributed by atoms with van der Waals surface area (Å²) >= 11 is 5.79. The Balaban J connectivity index is 2.64. The number of carboxylic acid groups (broad SMARTS) is 1. The van der Waals surface area contributed by atoms with Crippen molar-refractivity contribution in [1.29, 1.82) is 0 Å². The van der Waals surface area contributed by atoms with Crippen LogP contribution in [-0.4, -0.2) is 37.2 Å². The minimum atomic E-state index is -1.18. The van der Waals surface area contributed by atoms with Crippen molar-refractivity contribution in [2.75, 3.05) is 25.5 Å². The lowest BCUT2D eigenvalue weighted by Gasteiger charge is -2.10. The minimum Gasteiger partial charge on any atom is -0.478 e. The van der Waals surface area contributed by atoms with Crippen molar-refractivity contribution in [3.05, 3.63) is 28.8 Å². The molecular weight excluding hydrogens is 270 g/mol. The lowest BCUT2D eigenvalue weighted by molar-refractivity contribution is 0.0698. The topological polar surface area (TPSA) is 90.5 Å². The van der Waals surface area contributed by atoms with E-state index in [0.29, 0.717) is 6.54 Å². The van der Waals surface area contributed by atoms with E-state index in [1.807, 2.05) is 7.05 Å². The van der Waals surface area contributed by atoms with Crippen LogP contribution in [0.3, 0.4) is 0 Å². The highest BCUT2D eigenvalue weighted by atomic mass is 35.5. The van der Waals surface area contributed by atoms with E-state index in [9.17, 15) is 9.59 Å². The molecule has 2 amide bonds. The van der Waals surface area contributed by atoms with Crippen molar-refractivity contribution in [3.63, 3.8) is 0 Å². The van der Waals surface area contributed by atoms with Gasteiger partial charge in [0.2, 0.25) is 0 Å². The number of carbonyl (C=O) groups excluding carboxylic acids is 1. The summed E-state index contributed by atoms with van der Waals surface area (Å²) in [5.41, 5.74) is 0.0562. The van der Waals surface area contributed by atoms with Crippen molar-refractivity contribution in [1.82, 2.24) is 10.6 Å². The molecule has 6 nitrogen and oxygen atoms in total. The predicted octanol–water partition coefficient (Wildman–Crippen LogP) is 1.77. The normalized spacial score (nSPS) is 10.0. The van der Waals surface area contributed by atoms with E-state index in [4.69, 9.17) is 16.7 Å². The van der Waals surface area contributed by atoms with Gasteiger partial charge in [-0.25, -0.2) is 9.59 Å². The molecule has 1 rings (SSSR count). The van der Waals surface area contributed by atoms with Gasteiger partial charge in [-0.3, -0.25) is 0 Å². The monoisotopic (exact) mass is 285 g/mol. The van der Waals surface area contributed by atoms with Crippen LogP contribution in [0.5, 0.6) is 0 Å². The Morgan fingerprint density at radius 2 is 2.05 bits per heavy atom. The lowest BCUT2D eigenvalue weighted by atomic mass is 10.2. The second-order valence-electron chi connectivity index (χ2n) is 3.81. The second-order valence-corrected chi connectivity index (χ2v) is 4.21. The molecule has 0 saturated heterocycles. The van der Waals surface area contributed by atoms with Gasteiger partial charge in [-0.2, -0.15) is 0 Å². The molecule has 1 aromatic carbocycles. The average Bonchev–Trinajstić information content (AvgIpc) is 2.34. The number of anilines is 1. The number of amides is 2. The van der Waals surface area contributed by atoms with E-state index in [0.717, 1.165) is 13.0 Å². The van der Waals surface area contributed by atoms with Gasteiger partial charge in [0.05, 0.1) is 10.7 Å². The molecule has 0 spiro atoms. The molecule has 4 N–H and O–H groups in total. The summed E-state index contributed by atoms with van der Waals surface area (Å²) in [5, 5.41) is 17.2.